The van der Waals surface area contributed by atoms with E-state index in [4.69, 9.17) is 48.0 Å². The molecule has 558 valence electrons. The van der Waals surface area contributed by atoms with Gasteiger partial charge in [0.2, 0.25) is 0 Å². The molecule has 0 fully saturated rings. The van der Waals surface area contributed by atoms with Crippen molar-refractivity contribution in [2.75, 3.05) is 52.9 Å². The molecule has 8 bridgehead atoms. The van der Waals surface area contributed by atoms with E-state index in [0.29, 0.717) is 122 Å². The van der Waals surface area contributed by atoms with Crippen LogP contribution in [-0.2, 0) is 15.9 Å². The first-order valence-electron chi connectivity index (χ1n) is 41.8. The average Bonchev–Trinajstić information content (AvgIpc) is 1.58. The van der Waals surface area contributed by atoms with Crippen molar-refractivity contribution < 1.29 is 38.0 Å². The monoisotopic (exact) mass is 1360 g/mol. The van der Waals surface area contributed by atoms with Gasteiger partial charge >= 0.3 is 0 Å². The Morgan fingerprint density at radius 1 is 0.276 bits per heavy atom. The zero-order valence-corrected chi connectivity index (χ0v) is 64.7. The maximum Gasteiger partial charge on any atom is 0.194 e. The van der Waals surface area contributed by atoms with Crippen molar-refractivity contribution in [3.8, 4) is 28.7 Å². The summed E-state index contributed by atoms with van der Waals surface area (Å²) >= 11 is 0. The Morgan fingerprint density at radius 3 is 0.939 bits per heavy atom. The Morgan fingerprint density at radius 2 is 0.561 bits per heavy atom. The van der Waals surface area contributed by atoms with Crippen LogP contribution in [0.3, 0.4) is 0 Å². The first-order chi connectivity index (χ1) is 48.5. The molecule has 5 rings (SSSR count). The van der Waals surface area contributed by atoms with Gasteiger partial charge in [-0.1, -0.05) is 313 Å². The molecule has 12 heteroatoms. The second-order valence-electron chi connectivity index (χ2n) is 28.4. The number of aromatic nitrogens is 4. The first kappa shape index (κ1) is 83.7. The molecule has 0 atom stereocenters. The highest BCUT2D eigenvalue weighted by molar-refractivity contribution is 5.95. The van der Waals surface area contributed by atoms with Gasteiger partial charge in [0.1, 0.15) is 29.2 Å². The van der Waals surface area contributed by atoms with Crippen LogP contribution < -0.4 is 28.5 Å². The standard InChI is InChI=1S/C86H146N4O8/c1-10-19-27-35-43-51-63-91-80-72-59-61-74(87-72)81(92-64-52-44-36-28-20-11-2)77-84(95-67-55-47-39-31-23-14-5)83(94-66-54-46-38-30-22-13-4)76(89-77)71(18-9)78-85(96-68-56-48-40-32-24-15-6)86(97-69-57-49-41-33-25-16-7)79(90(78)98-70-58-50-42-34-26-17-8)82(75-62-60-73(80)88-75)93-65-53-45-37-29-21-12-3/h59-62,87H,10-58,63-70H2,1-9H3. The highest BCUT2D eigenvalue weighted by Gasteiger charge is 2.35. The van der Waals surface area contributed by atoms with E-state index in [0.717, 1.165) is 137 Å². The van der Waals surface area contributed by atoms with Crippen molar-refractivity contribution in [3.05, 3.63) is 40.5 Å². The minimum atomic E-state index is 0.478. The van der Waals surface area contributed by atoms with Crippen molar-refractivity contribution in [1.29, 1.82) is 0 Å². The van der Waals surface area contributed by atoms with Crippen molar-refractivity contribution in [3.63, 3.8) is 0 Å². The SMILES string of the molecule is CCCCCCCCOC1=C(OCCCCCCCC)c2nc1c(OCCCCCCCC)c1ccc([nH]1)c(OCCCCCCCC)c1nc(c(OCCCCCCCC)c3c(OCCCCCCCC)c(OCCCCCCCC)c(c2CC)n3OCCCCCCCC)C=C1. The van der Waals surface area contributed by atoms with E-state index in [2.05, 4.69) is 96.3 Å². The molecule has 0 unspecified atom stereocenters. The van der Waals surface area contributed by atoms with E-state index >= 15 is 0 Å². The van der Waals surface area contributed by atoms with Crippen LogP contribution in [0.2, 0.25) is 0 Å². The van der Waals surface area contributed by atoms with E-state index in [1.165, 1.54) is 199 Å². The molecule has 2 aliphatic heterocycles. The predicted octanol–water partition coefficient (Wildman–Crippen LogP) is 26.6. The number of hydrogen-bond donors (Lipinski definition) is 1. The number of unbranched alkanes of at least 4 members (excludes halogenated alkanes) is 40. The molecule has 2 aliphatic rings. The second-order valence-corrected chi connectivity index (χ2v) is 28.4. The van der Waals surface area contributed by atoms with E-state index in [-0.39, 0.29) is 0 Å². The van der Waals surface area contributed by atoms with Crippen molar-refractivity contribution in [2.45, 2.75) is 377 Å². The summed E-state index contributed by atoms with van der Waals surface area (Å²) in [5, 5.41) is 0. The molecular weight excluding hydrogens is 1220 g/mol. The minimum Gasteiger partial charge on any atom is -0.489 e. The molecule has 0 amide bonds. The number of fused-ring (bicyclic) bond motifs is 8. The van der Waals surface area contributed by atoms with E-state index in [1.54, 1.807) is 0 Å². The summed E-state index contributed by atoms with van der Waals surface area (Å²) in [4.78, 5) is 23.1. The Balaban J connectivity index is 2.04. The summed E-state index contributed by atoms with van der Waals surface area (Å²) in [6.07, 6.45) is 59.6. The van der Waals surface area contributed by atoms with Crippen molar-refractivity contribution in [1.82, 2.24) is 19.7 Å². The van der Waals surface area contributed by atoms with Gasteiger partial charge < -0.3 is 43.0 Å². The molecule has 0 aliphatic carbocycles. The van der Waals surface area contributed by atoms with Gasteiger partial charge in [-0.05, 0) is 88.5 Å². The predicted molar refractivity (Wildman–Crippen MR) is 418 cm³/mol. The number of nitrogens with zero attached hydrogens (tertiary/aromatic N) is 3. The Labute approximate surface area is 599 Å². The van der Waals surface area contributed by atoms with Gasteiger partial charge in [0.15, 0.2) is 51.5 Å². The molecule has 0 saturated carbocycles. The molecule has 5 heterocycles. The zero-order valence-electron chi connectivity index (χ0n) is 64.7. The molecule has 3 aromatic heterocycles. The number of ether oxygens (including phenoxy) is 7. The second kappa shape index (κ2) is 54.7. The first-order valence-corrected chi connectivity index (χ1v) is 41.8. The molecule has 0 spiro atoms. The fourth-order valence-corrected chi connectivity index (χ4v) is 13.4. The van der Waals surface area contributed by atoms with Gasteiger partial charge in [-0.15, -0.1) is 0 Å². The van der Waals surface area contributed by atoms with Crippen molar-refractivity contribution in [2.24, 2.45) is 0 Å². The number of hydrogen-bond acceptors (Lipinski definition) is 10. The Hall–Kier alpha value is -5.00. The minimum absolute atomic E-state index is 0.478. The topological polar surface area (TPSA) is 120 Å². The summed E-state index contributed by atoms with van der Waals surface area (Å²) in [5.74, 6) is 4.51. The van der Waals surface area contributed by atoms with Crippen LogP contribution in [0, 0.1) is 0 Å². The molecular formula is C86H146N4O8. The van der Waals surface area contributed by atoms with Gasteiger partial charge in [0, 0.05) is 5.56 Å². The third-order valence-electron chi connectivity index (χ3n) is 19.5. The maximum atomic E-state index is 7.56. The number of rotatable bonds is 65. The van der Waals surface area contributed by atoms with E-state index in [9.17, 15) is 0 Å². The van der Waals surface area contributed by atoms with Crippen LogP contribution in [0.4, 0.5) is 0 Å². The smallest absolute Gasteiger partial charge is 0.194 e. The summed E-state index contributed by atoms with van der Waals surface area (Å²) in [6.45, 7) is 24.7. The van der Waals surface area contributed by atoms with Gasteiger partial charge in [-0.2, -0.15) is 4.73 Å². The lowest BCUT2D eigenvalue weighted by Gasteiger charge is -2.16. The fourth-order valence-electron chi connectivity index (χ4n) is 13.4. The van der Waals surface area contributed by atoms with Gasteiger partial charge in [0.25, 0.3) is 0 Å². The lowest BCUT2D eigenvalue weighted by molar-refractivity contribution is 0.122. The Bertz CT molecular complexity index is 2760. The largest absolute Gasteiger partial charge is 0.489 e. The van der Waals surface area contributed by atoms with Crippen LogP contribution in [0.5, 0.6) is 28.7 Å². The highest BCUT2D eigenvalue weighted by atomic mass is 16.7. The lowest BCUT2D eigenvalue weighted by atomic mass is 10.1. The van der Waals surface area contributed by atoms with Gasteiger partial charge in [-0.3, -0.25) is 0 Å². The van der Waals surface area contributed by atoms with E-state index < -0.39 is 0 Å². The summed E-state index contributed by atoms with van der Waals surface area (Å²) in [5.41, 5.74) is 6.79. The summed E-state index contributed by atoms with van der Waals surface area (Å²) < 4.78 is 53.7. The molecule has 12 nitrogen and oxygen atoms in total. The molecule has 98 heavy (non-hydrogen) atoms. The quantitative estimate of drug-likeness (QED) is 0.0428. The van der Waals surface area contributed by atoms with Crippen LogP contribution in [0.15, 0.2) is 12.1 Å². The normalized spacial score (nSPS) is 12.1. The summed E-state index contributed by atoms with van der Waals surface area (Å²) in [6, 6.07) is 4.28. The van der Waals surface area contributed by atoms with Crippen LogP contribution in [0.1, 0.15) is 399 Å². The van der Waals surface area contributed by atoms with Crippen molar-refractivity contribution >= 4 is 45.7 Å². The van der Waals surface area contributed by atoms with Crippen LogP contribution in [-0.4, -0.2) is 72.5 Å². The average molecular weight is 1360 g/mol. The van der Waals surface area contributed by atoms with Gasteiger partial charge in [0.05, 0.1) is 57.3 Å². The zero-order chi connectivity index (χ0) is 69.7. The molecule has 0 radical (unpaired) electrons. The maximum absolute atomic E-state index is 7.56. The van der Waals surface area contributed by atoms with Crippen LogP contribution >= 0.6 is 0 Å². The summed E-state index contributed by atoms with van der Waals surface area (Å²) in [7, 11) is 0. The Kier molecular flexibility index (Phi) is 46.7. The number of aryl methyl sites for hydroxylation is 1. The third kappa shape index (κ3) is 30.7. The molecule has 1 N–H and O–H groups in total. The molecule has 0 saturated heterocycles. The third-order valence-corrected chi connectivity index (χ3v) is 19.5. The number of aromatic amines is 1. The van der Waals surface area contributed by atoms with Gasteiger partial charge in [-0.25, -0.2) is 9.97 Å². The van der Waals surface area contributed by atoms with E-state index in [1.807, 2.05) is 0 Å². The number of H-pyrrole nitrogens is 1. The fraction of sp³-hybridized carbons (Fsp3) is 0.767. The molecule has 0 aromatic carbocycles. The lowest BCUT2D eigenvalue weighted by Crippen LogP contribution is -2.15. The van der Waals surface area contributed by atoms with Crippen LogP contribution in [0.25, 0.3) is 45.7 Å². The highest BCUT2D eigenvalue weighted by Crippen LogP contribution is 2.49. The molecule has 3 aromatic rings. The number of nitrogens with one attached hydrogen (secondary N) is 1.